The fraction of sp³-hybridized carbons (Fsp3) is 0.222. The molecule has 0 amide bonds. The molecule has 1 heterocycles. The van der Waals surface area contributed by atoms with Gasteiger partial charge in [-0.3, -0.25) is 0 Å². The Hall–Kier alpha value is -1.89. The second-order valence-electron chi connectivity index (χ2n) is 2.58. The zero-order valence-corrected chi connectivity index (χ0v) is 7.60. The summed E-state index contributed by atoms with van der Waals surface area (Å²) < 4.78 is 0. The van der Waals surface area contributed by atoms with Gasteiger partial charge < -0.3 is 4.90 Å². The van der Waals surface area contributed by atoms with Crippen molar-refractivity contribution in [3.8, 4) is 12.3 Å². The molecule has 1 rings (SSSR count). The summed E-state index contributed by atoms with van der Waals surface area (Å²) in [5, 5.41) is 0. The van der Waals surface area contributed by atoms with Gasteiger partial charge in [-0.15, -0.1) is 6.42 Å². The van der Waals surface area contributed by atoms with Crippen LogP contribution < -0.4 is 0 Å². The van der Waals surface area contributed by atoms with Gasteiger partial charge in [0.2, 0.25) is 0 Å². The summed E-state index contributed by atoms with van der Waals surface area (Å²) in [6.07, 6.45) is 9.95. The van der Waals surface area contributed by atoms with E-state index in [1.54, 1.807) is 23.6 Å². The summed E-state index contributed by atoms with van der Waals surface area (Å²) in [6.45, 7) is 0. The van der Waals surface area contributed by atoms with Crippen LogP contribution in [-0.4, -0.2) is 35.3 Å². The van der Waals surface area contributed by atoms with E-state index in [0.717, 1.165) is 0 Å². The van der Waals surface area contributed by atoms with Crippen LogP contribution in [0.2, 0.25) is 0 Å². The minimum absolute atomic E-state index is 0.459. The van der Waals surface area contributed by atoms with Gasteiger partial charge in [0.05, 0.1) is 6.34 Å². The van der Waals surface area contributed by atoms with E-state index in [0.29, 0.717) is 11.5 Å². The Bertz CT molecular complexity index is 349. The lowest BCUT2D eigenvalue weighted by atomic mass is 10.4. The Morgan fingerprint density at radius 2 is 2.15 bits per heavy atom. The molecule has 66 valence electrons. The first-order valence-corrected chi connectivity index (χ1v) is 3.72. The third-order valence-electron chi connectivity index (χ3n) is 1.23. The highest BCUT2D eigenvalue weighted by atomic mass is 15.1. The molecule has 4 nitrogen and oxygen atoms in total. The number of nitrogens with zero attached hydrogens (tertiary/aromatic N) is 4. The number of aliphatic imine (C=N–C) groups is 1. The second kappa shape index (κ2) is 4.21. The first kappa shape index (κ1) is 9.20. The zero-order valence-electron chi connectivity index (χ0n) is 7.60. The summed E-state index contributed by atoms with van der Waals surface area (Å²) in [6, 6.07) is 0. The molecular weight excluding hydrogens is 164 g/mol. The van der Waals surface area contributed by atoms with Gasteiger partial charge in [0.25, 0.3) is 0 Å². The van der Waals surface area contributed by atoms with Crippen molar-refractivity contribution in [2.24, 2.45) is 4.99 Å². The van der Waals surface area contributed by atoms with Crippen molar-refractivity contribution in [3.05, 3.63) is 18.1 Å². The lowest BCUT2D eigenvalue weighted by Gasteiger charge is -2.01. The van der Waals surface area contributed by atoms with E-state index >= 15 is 0 Å². The van der Waals surface area contributed by atoms with Crippen molar-refractivity contribution in [2.75, 3.05) is 14.1 Å². The van der Waals surface area contributed by atoms with Gasteiger partial charge in [-0.25, -0.2) is 15.0 Å². The molecular formula is C9H10N4. The fourth-order valence-electron chi connectivity index (χ4n) is 0.697. The van der Waals surface area contributed by atoms with Gasteiger partial charge in [-0.1, -0.05) is 0 Å². The zero-order chi connectivity index (χ0) is 9.68. The maximum absolute atomic E-state index is 5.22. The Kier molecular flexibility index (Phi) is 2.98. The van der Waals surface area contributed by atoms with Crippen LogP contribution in [0.15, 0.2) is 17.4 Å². The molecule has 1 aromatic rings. The van der Waals surface area contributed by atoms with Gasteiger partial charge in [0, 0.05) is 26.5 Å². The monoisotopic (exact) mass is 174 g/mol. The van der Waals surface area contributed by atoms with E-state index in [2.05, 4.69) is 20.9 Å². The summed E-state index contributed by atoms with van der Waals surface area (Å²) in [7, 11) is 3.74. The van der Waals surface area contributed by atoms with Gasteiger partial charge in [0.1, 0.15) is 0 Å². The molecule has 0 unspecified atom stereocenters. The number of aromatic nitrogens is 2. The highest BCUT2D eigenvalue weighted by Gasteiger charge is 1.97. The molecule has 0 saturated heterocycles. The van der Waals surface area contributed by atoms with Crippen LogP contribution in [0.3, 0.4) is 0 Å². The van der Waals surface area contributed by atoms with E-state index in [1.165, 1.54) is 0 Å². The van der Waals surface area contributed by atoms with Crippen molar-refractivity contribution in [2.45, 2.75) is 0 Å². The van der Waals surface area contributed by atoms with E-state index < -0.39 is 0 Å². The van der Waals surface area contributed by atoms with Crippen molar-refractivity contribution in [3.63, 3.8) is 0 Å². The van der Waals surface area contributed by atoms with Crippen LogP contribution in [0.1, 0.15) is 5.69 Å². The molecule has 13 heavy (non-hydrogen) atoms. The molecule has 1 aromatic heterocycles. The summed E-state index contributed by atoms with van der Waals surface area (Å²) in [5.74, 6) is 2.88. The topological polar surface area (TPSA) is 41.4 Å². The van der Waals surface area contributed by atoms with Gasteiger partial charge in [-0.05, 0) is 5.92 Å². The maximum Gasteiger partial charge on any atom is 0.188 e. The molecule has 0 N–H and O–H groups in total. The number of terminal acetylenes is 1. The van der Waals surface area contributed by atoms with E-state index in [9.17, 15) is 0 Å². The number of rotatable bonds is 2. The minimum Gasteiger partial charge on any atom is -0.369 e. The fourth-order valence-corrected chi connectivity index (χ4v) is 0.697. The number of hydrogen-bond donors (Lipinski definition) is 0. The van der Waals surface area contributed by atoms with E-state index in [-0.39, 0.29) is 0 Å². The third kappa shape index (κ3) is 2.56. The van der Waals surface area contributed by atoms with Gasteiger partial charge in [-0.2, -0.15) is 0 Å². The van der Waals surface area contributed by atoms with Crippen LogP contribution >= 0.6 is 0 Å². The minimum atomic E-state index is 0.459. The second-order valence-corrected chi connectivity index (χ2v) is 2.58. The molecule has 0 aliphatic heterocycles. The predicted octanol–water partition coefficient (Wildman–Crippen LogP) is 0.679. The Labute approximate surface area is 77.3 Å². The summed E-state index contributed by atoms with van der Waals surface area (Å²) in [5.41, 5.74) is 0.459. The quantitative estimate of drug-likeness (QED) is 0.376. The Morgan fingerprint density at radius 1 is 1.46 bits per heavy atom. The predicted molar refractivity (Wildman–Crippen MR) is 51.8 cm³/mol. The SMILES string of the molecule is C#Cc1nccnc1/N=C/N(C)C. The normalized spacial score (nSPS) is 9.92. The van der Waals surface area contributed by atoms with E-state index in [1.807, 2.05) is 14.1 Å². The number of hydrogen-bond acceptors (Lipinski definition) is 3. The molecule has 0 fully saturated rings. The summed E-state index contributed by atoms with van der Waals surface area (Å²) in [4.78, 5) is 13.8. The molecule has 0 spiro atoms. The molecule has 0 saturated carbocycles. The van der Waals surface area contributed by atoms with Crippen LogP contribution in [0.4, 0.5) is 5.82 Å². The highest BCUT2D eigenvalue weighted by Crippen LogP contribution is 2.09. The molecule has 0 aliphatic rings. The first-order valence-electron chi connectivity index (χ1n) is 3.72. The molecule has 4 heteroatoms. The van der Waals surface area contributed by atoms with Crippen molar-refractivity contribution < 1.29 is 0 Å². The molecule has 0 radical (unpaired) electrons. The standard InChI is InChI=1S/C9H10N4/c1-4-8-9(11-6-5-10-8)12-7-13(2)3/h1,5-7H,2-3H3/b12-7+. The van der Waals surface area contributed by atoms with Crippen LogP contribution in [0.5, 0.6) is 0 Å². The van der Waals surface area contributed by atoms with Crippen molar-refractivity contribution in [1.29, 1.82) is 0 Å². The van der Waals surface area contributed by atoms with Crippen LogP contribution in [0.25, 0.3) is 0 Å². The first-order chi connectivity index (χ1) is 6.24. The maximum atomic E-state index is 5.22. The Balaban J connectivity index is 2.95. The summed E-state index contributed by atoms with van der Waals surface area (Å²) >= 11 is 0. The largest absolute Gasteiger partial charge is 0.369 e. The van der Waals surface area contributed by atoms with Crippen LogP contribution in [-0.2, 0) is 0 Å². The molecule has 0 aromatic carbocycles. The average Bonchev–Trinajstić information content (AvgIpc) is 2.15. The smallest absolute Gasteiger partial charge is 0.188 e. The Morgan fingerprint density at radius 3 is 2.77 bits per heavy atom. The van der Waals surface area contributed by atoms with Gasteiger partial charge in [0.15, 0.2) is 11.5 Å². The van der Waals surface area contributed by atoms with Gasteiger partial charge >= 0.3 is 0 Å². The third-order valence-corrected chi connectivity index (χ3v) is 1.23. The lowest BCUT2D eigenvalue weighted by molar-refractivity contribution is 0.643. The molecule has 0 bridgehead atoms. The van der Waals surface area contributed by atoms with E-state index in [4.69, 9.17) is 6.42 Å². The van der Waals surface area contributed by atoms with Crippen LogP contribution in [0, 0.1) is 12.3 Å². The van der Waals surface area contributed by atoms with Crippen molar-refractivity contribution in [1.82, 2.24) is 14.9 Å². The molecule has 0 atom stereocenters. The lowest BCUT2D eigenvalue weighted by Crippen LogP contribution is -2.07. The highest BCUT2D eigenvalue weighted by molar-refractivity contribution is 5.61. The average molecular weight is 174 g/mol. The van der Waals surface area contributed by atoms with Crippen molar-refractivity contribution >= 4 is 12.2 Å². The molecule has 0 aliphatic carbocycles.